The SMILES string of the molecule is O=[N+]([O-])c1cnc2ccc(N3CCC(OCc4ccc(F)cc4)CC3)nn12. The molecule has 0 N–H and O–H groups in total. The van der Waals surface area contributed by atoms with Crippen LogP contribution >= 0.6 is 0 Å². The number of ether oxygens (including phenoxy) is 1. The van der Waals surface area contributed by atoms with E-state index in [1.54, 1.807) is 18.2 Å². The number of nitro groups is 1. The molecule has 3 aromatic rings. The zero-order chi connectivity index (χ0) is 18.8. The molecule has 1 aromatic carbocycles. The van der Waals surface area contributed by atoms with E-state index in [1.165, 1.54) is 22.8 Å². The van der Waals surface area contributed by atoms with Crippen LogP contribution in [0.2, 0.25) is 0 Å². The van der Waals surface area contributed by atoms with Crippen LogP contribution in [0.25, 0.3) is 5.65 Å². The van der Waals surface area contributed by atoms with E-state index in [2.05, 4.69) is 15.0 Å². The molecule has 3 heterocycles. The Balaban J connectivity index is 1.37. The monoisotopic (exact) mass is 371 g/mol. The van der Waals surface area contributed by atoms with Gasteiger partial charge in [-0.1, -0.05) is 21.7 Å². The number of imidazole rings is 1. The van der Waals surface area contributed by atoms with Crippen molar-refractivity contribution in [3.8, 4) is 0 Å². The molecule has 1 fully saturated rings. The second kappa shape index (κ2) is 7.28. The van der Waals surface area contributed by atoms with Crippen LogP contribution in [0.15, 0.2) is 42.6 Å². The summed E-state index contributed by atoms with van der Waals surface area (Å²) < 4.78 is 20.1. The highest BCUT2D eigenvalue weighted by atomic mass is 19.1. The molecule has 0 spiro atoms. The number of anilines is 1. The first-order chi connectivity index (χ1) is 13.1. The molecule has 0 atom stereocenters. The van der Waals surface area contributed by atoms with Crippen molar-refractivity contribution in [1.82, 2.24) is 14.6 Å². The lowest BCUT2D eigenvalue weighted by atomic mass is 10.1. The maximum Gasteiger partial charge on any atom is 0.368 e. The third-order valence-corrected chi connectivity index (χ3v) is 4.68. The Kier molecular flexibility index (Phi) is 4.68. The van der Waals surface area contributed by atoms with Gasteiger partial charge in [-0.15, -0.1) is 0 Å². The van der Waals surface area contributed by atoms with Gasteiger partial charge in [-0.3, -0.25) is 0 Å². The van der Waals surface area contributed by atoms with Crippen LogP contribution in [0.3, 0.4) is 0 Å². The quantitative estimate of drug-likeness (QED) is 0.506. The maximum absolute atomic E-state index is 12.9. The molecule has 0 bridgehead atoms. The number of hydrogen-bond acceptors (Lipinski definition) is 6. The molecule has 2 aromatic heterocycles. The van der Waals surface area contributed by atoms with E-state index < -0.39 is 4.92 Å². The van der Waals surface area contributed by atoms with E-state index in [9.17, 15) is 14.5 Å². The van der Waals surface area contributed by atoms with E-state index in [-0.39, 0.29) is 17.7 Å². The number of benzene rings is 1. The predicted octanol–water partition coefficient (Wildman–Crippen LogP) is 2.96. The highest BCUT2D eigenvalue weighted by Crippen LogP contribution is 2.22. The fourth-order valence-electron chi connectivity index (χ4n) is 3.19. The molecular weight excluding hydrogens is 353 g/mol. The second-order valence-corrected chi connectivity index (χ2v) is 6.46. The molecule has 0 saturated carbocycles. The average Bonchev–Trinajstić information content (AvgIpc) is 3.11. The number of piperidine rings is 1. The van der Waals surface area contributed by atoms with Crippen molar-refractivity contribution in [2.45, 2.75) is 25.6 Å². The Labute approximate surface area is 154 Å². The van der Waals surface area contributed by atoms with Gasteiger partial charge in [-0.25, -0.2) is 9.37 Å². The highest BCUT2D eigenvalue weighted by Gasteiger charge is 2.23. The summed E-state index contributed by atoms with van der Waals surface area (Å²) in [5.41, 5.74) is 1.39. The fraction of sp³-hybridized carbons (Fsp3) is 0.333. The average molecular weight is 371 g/mol. The summed E-state index contributed by atoms with van der Waals surface area (Å²) >= 11 is 0. The Morgan fingerprint density at radius 3 is 2.63 bits per heavy atom. The zero-order valence-corrected chi connectivity index (χ0v) is 14.5. The van der Waals surface area contributed by atoms with E-state index in [1.807, 2.05) is 6.07 Å². The summed E-state index contributed by atoms with van der Waals surface area (Å²) in [6, 6.07) is 9.86. The number of nitrogens with zero attached hydrogens (tertiary/aromatic N) is 5. The van der Waals surface area contributed by atoms with E-state index in [0.29, 0.717) is 18.1 Å². The van der Waals surface area contributed by atoms with Crippen molar-refractivity contribution in [3.63, 3.8) is 0 Å². The molecule has 4 rings (SSSR count). The van der Waals surface area contributed by atoms with Crippen LogP contribution in [0.5, 0.6) is 0 Å². The zero-order valence-electron chi connectivity index (χ0n) is 14.5. The van der Waals surface area contributed by atoms with Crippen molar-refractivity contribution in [1.29, 1.82) is 0 Å². The summed E-state index contributed by atoms with van der Waals surface area (Å²) in [5, 5.41) is 15.4. The van der Waals surface area contributed by atoms with Crippen molar-refractivity contribution in [2.24, 2.45) is 0 Å². The molecule has 1 aliphatic heterocycles. The molecule has 0 amide bonds. The lowest BCUT2D eigenvalue weighted by molar-refractivity contribution is -0.391. The Hall–Kier alpha value is -3.07. The predicted molar refractivity (Wildman–Crippen MR) is 96.1 cm³/mol. The molecule has 1 saturated heterocycles. The van der Waals surface area contributed by atoms with Gasteiger partial charge in [-0.2, -0.15) is 0 Å². The molecule has 0 radical (unpaired) electrons. The number of rotatable bonds is 5. The summed E-state index contributed by atoms with van der Waals surface area (Å²) in [5.74, 6) is 0.277. The minimum atomic E-state index is -0.494. The first-order valence-corrected chi connectivity index (χ1v) is 8.70. The lowest BCUT2D eigenvalue weighted by Crippen LogP contribution is -2.37. The molecule has 140 valence electrons. The van der Waals surface area contributed by atoms with Crippen molar-refractivity contribution < 1.29 is 14.1 Å². The number of aromatic nitrogens is 3. The maximum atomic E-state index is 12.9. The van der Waals surface area contributed by atoms with Crippen LogP contribution in [-0.2, 0) is 11.3 Å². The van der Waals surface area contributed by atoms with E-state index in [0.717, 1.165) is 31.5 Å². The first kappa shape index (κ1) is 17.3. The van der Waals surface area contributed by atoms with E-state index in [4.69, 9.17) is 4.74 Å². The second-order valence-electron chi connectivity index (χ2n) is 6.46. The molecule has 1 aliphatic rings. The molecule has 9 heteroatoms. The van der Waals surface area contributed by atoms with Crippen molar-refractivity contribution in [2.75, 3.05) is 18.0 Å². The Morgan fingerprint density at radius 1 is 1.19 bits per heavy atom. The van der Waals surface area contributed by atoms with Crippen molar-refractivity contribution >= 4 is 17.3 Å². The molecule has 27 heavy (non-hydrogen) atoms. The Bertz CT molecular complexity index is 951. The van der Waals surface area contributed by atoms with Gasteiger partial charge in [0.05, 0.1) is 12.7 Å². The summed E-state index contributed by atoms with van der Waals surface area (Å²) in [6.45, 7) is 1.94. The van der Waals surface area contributed by atoms with Gasteiger partial charge in [0.15, 0.2) is 5.82 Å². The molecule has 8 nitrogen and oxygen atoms in total. The standard InChI is InChI=1S/C18H18FN5O3/c19-14-3-1-13(2-4-14)12-27-15-7-9-22(10-8-15)17-6-5-16-20-11-18(24(25)26)23(16)21-17/h1-6,11,15H,7-10,12H2. The minimum Gasteiger partial charge on any atom is -0.373 e. The first-order valence-electron chi connectivity index (χ1n) is 8.70. The fourth-order valence-corrected chi connectivity index (χ4v) is 3.19. The number of fused-ring (bicyclic) bond motifs is 1. The third-order valence-electron chi connectivity index (χ3n) is 4.68. The van der Waals surface area contributed by atoms with Gasteiger partial charge >= 0.3 is 5.82 Å². The van der Waals surface area contributed by atoms with Gasteiger partial charge in [-0.05, 0) is 41.5 Å². The van der Waals surface area contributed by atoms with Gasteiger partial charge in [0, 0.05) is 19.2 Å². The largest absolute Gasteiger partial charge is 0.373 e. The van der Waals surface area contributed by atoms with Crippen LogP contribution < -0.4 is 4.90 Å². The van der Waals surface area contributed by atoms with Crippen LogP contribution in [-0.4, -0.2) is 38.7 Å². The molecule has 0 aliphatic carbocycles. The van der Waals surface area contributed by atoms with Gasteiger partial charge in [0.25, 0.3) is 0 Å². The van der Waals surface area contributed by atoms with Gasteiger partial charge < -0.3 is 19.8 Å². The normalized spacial score (nSPS) is 15.4. The topological polar surface area (TPSA) is 85.8 Å². The van der Waals surface area contributed by atoms with Gasteiger partial charge in [0.1, 0.15) is 12.0 Å². The molecular formula is C18H18FN5O3. The number of halogens is 1. The third kappa shape index (κ3) is 3.72. The minimum absolute atomic E-state index is 0.123. The lowest BCUT2D eigenvalue weighted by Gasteiger charge is -2.32. The highest BCUT2D eigenvalue weighted by molar-refractivity contribution is 5.49. The smallest absolute Gasteiger partial charge is 0.368 e. The summed E-state index contributed by atoms with van der Waals surface area (Å²) in [4.78, 5) is 16.7. The van der Waals surface area contributed by atoms with Crippen LogP contribution in [0, 0.1) is 15.9 Å². The molecule has 0 unspecified atom stereocenters. The van der Waals surface area contributed by atoms with Crippen LogP contribution in [0.4, 0.5) is 16.0 Å². The van der Waals surface area contributed by atoms with Crippen molar-refractivity contribution in [3.05, 3.63) is 64.1 Å². The van der Waals surface area contributed by atoms with E-state index >= 15 is 0 Å². The summed E-state index contributed by atoms with van der Waals surface area (Å²) in [6.07, 6.45) is 2.99. The van der Waals surface area contributed by atoms with Crippen LogP contribution in [0.1, 0.15) is 18.4 Å². The van der Waals surface area contributed by atoms with Gasteiger partial charge in [0.2, 0.25) is 5.65 Å². The Morgan fingerprint density at radius 2 is 1.93 bits per heavy atom. The number of hydrogen-bond donors (Lipinski definition) is 0. The summed E-state index contributed by atoms with van der Waals surface area (Å²) in [7, 11) is 0.